The maximum atomic E-state index is 11.6. The molecular formula is C16H24O4. The van der Waals surface area contributed by atoms with Crippen LogP contribution >= 0.6 is 0 Å². The Bertz CT molecular complexity index is 375. The van der Waals surface area contributed by atoms with Crippen LogP contribution < -0.4 is 0 Å². The van der Waals surface area contributed by atoms with Crippen LogP contribution in [0.2, 0.25) is 0 Å². The van der Waals surface area contributed by atoms with Crippen molar-refractivity contribution in [3.05, 3.63) is 0 Å². The molecule has 0 heterocycles. The van der Waals surface area contributed by atoms with E-state index in [0.717, 1.165) is 12.8 Å². The van der Waals surface area contributed by atoms with Crippen molar-refractivity contribution in [1.29, 1.82) is 0 Å². The first-order valence-electron chi connectivity index (χ1n) is 7.11. The molecule has 0 aromatic heterocycles. The summed E-state index contributed by atoms with van der Waals surface area (Å²) in [6.45, 7) is 8.59. The lowest BCUT2D eigenvalue weighted by atomic mass is 10.2. The zero-order chi connectivity index (χ0) is 15.3. The topological polar surface area (TPSA) is 44.8 Å². The number of ether oxygens (including phenoxy) is 3. The highest BCUT2D eigenvalue weighted by molar-refractivity contribution is 6.08. The molecule has 0 aliphatic heterocycles. The molecule has 0 rings (SSSR count). The maximum absolute atomic E-state index is 11.6. The van der Waals surface area contributed by atoms with Gasteiger partial charge in [-0.05, 0) is 39.0 Å². The zero-order valence-corrected chi connectivity index (χ0v) is 12.9. The monoisotopic (exact) mass is 280 g/mol. The Labute approximate surface area is 122 Å². The van der Waals surface area contributed by atoms with Gasteiger partial charge in [-0.1, -0.05) is 19.3 Å². The van der Waals surface area contributed by atoms with E-state index < -0.39 is 11.8 Å². The lowest BCUT2D eigenvalue weighted by molar-refractivity contribution is -0.339. The van der Waals surface area contributed by atoms with Gasteiger partial charge in [-0.2, -0.15) is 0 Å². The van der Waals surface area contributed by atoms with Gasteiger partial charge in [0, 0.05) is 12.3 Å². The lowest BCUT2D eigenvalue weighted by Crippen LogP contribution is -2.38. The van der Waals surface area contributed by atoms with Crippen molar-refractivity contribution in [3.63, 3.8) is 0 Å². The van der Waals surface area contributed by atoms with Crippen LogP contribution in [0.25, 0.3) is 0 Å². The van der Waals surface area contributed by atoms with Crippen molar-refractivity contribution < 1.29 is 19.0 Å². The molecule has 0 bridgehead atoms. The zero-order valence-electron chi connectivity index (χ0n) is 12.9. The van der Waals surface area contributed by atoms with Gasteiger partial charge in [0.05, 0.1) is 19.8 Å². The van der Waals surface area contributed by atoms with Crippen LogP contribution in [0.4, 0.5) is 0 Å². The number of carbonyl (C=O) groups is 1. The van der Waals surface area contributed by atoms with Gasteiger partial charge in [-0.25, -0.2) is 0 Å². The maximum Gasteiger partial charge on any atom is 0.353 e. The predicted molar refractivity (Wildman–Crippen MR) is 77.7 cm³/mol. The Morgan fingerprint density at radius 3 is 1.95 bits per heavy atom. The highest BCUT2D eigenvalue weighted by Gasteiger charge is 2.30. The average molecular weight is 280 g/mol. The molecular weight excluding hydrogens is 256 g/mol. The molecule has 0 N–H and O–H groups in total. The first kappa shape index (κ1) is 18.7. The smallest absolute Gasteiger partial charge is 0.317 e. The molecule has 0 aliphatic carbocycles. The Morgan fingerprint density at radius 2 is 1.50 bits per heavy atom. The number of unbranched alkanes of at least 4 members (excludes halogenated alkanes) is 2. The second-order valence-electron chi connectivity index (χ2n) is 3.84. The van der Waals surface area contributed by atoms with Gasteiger partial charge in [-0.15, -0.1) is 0 Å². The van der Waals surface area contributed by atoms with E-state index in [4.69, 9.17) is 14.2 Å². The van der Waals surface area contributed by atoms with Crippen LogP contribution in [-0.2, 0) is 19.0 Å². The molecule has 0 saturated carbocycles. The number of ketones is 1. The quantitative estimate of drug-likeness (QED) is 0.297. The van der Waals surface area contributed by atoms with Gasteiger partial charge < -0.3 is 14.2 Å². The molecule has 4 heteroatoms. The molecule has 0 spiro atoms. The largest absolute Gasteiger partial charge is 0.353 e. The second kappa shape index (κ2) is 11.5. The van der Waals surface area contributed by atoms with E-state index in [1.807, 2.05) is 0 Å². The number of rotatable bonds is 8. The standard InChI is InChI=1S/C16H24O4/c1-5-9-10-11-12-15(17)13-14-16(18-6-2,19-7-3)20-8-4/h5-10H2,1-4H3. The fraction of sp³-hybridized carbons (Fsp3) is 0.688. The van der Waals surface area contributed by atoms with Crippen molar-refractivity contribution in [2.45, 2.75) is 52.9 Å². The van der Waals surface area contributed by atoms with E-state index >= 15 is 0 Å². The highest BCUT2D eigenvalue weighted by Crippen LogP contribution is 2.14. The summed E-state index contributed by atoms with van der Waals surface area (Å²) < 4.78 is 16.2. The minimum atomic E-state index is -1.47. The molecule has 0 radical (unpaired) electrons. The van der Waals surface area contributed by atoms with Crippen LogP contribution in [0, 0.1) is 23.7 Å². The third-order valence-corrected chi connectivity index (χ3v) is 2.19. The number of Topliss-reactive ketones (excluding diaryl/α,β-unsaturated/α-hetero) is 1. The van der Waals surface area contributed by atoms with Crippen molar-refractivity contribution in [2.75, 3.05) is 19.8 Å². The average Bonchev–Trinajstić information content (AvgIpc) is 2.42. The van der Waals surface area contributed by atoms with E-state index in [9.17, 15) is 4.79 Å². The van der Waals surface area contributed by atoms with Crippen LogP contribution in [0.15, 0.2) is 0 Å². The first-order chi connectivity index (χ1) is 9.64. The molecule has 0 atom stereocenters. The molecule has 20 heavy (non-hydrogen) atoms. The molecule has 0 aliphatic rings. The van der Waals surface area contributed by atoms with E-state index in [1.165, 1.54) is 0 Å². The summed E-state index contributed by atoms with van der Waals surface area (Å²) in [4.78, 5) is 11.6. The van der Waals surface area contributed by atoms with Crippen LogP contribution in [0.5, 0.6) is 0 Å². The van der Waals surface area contributed by atoms with Crippen molar-refractivity contribution in [3.8, 4) is 23.7 Å². The normalized spacial score (nSPS) is 10.2. The molecule has 0 aromatic rings. The van der Waals surface area contributed by atoms with E-state index in [-0.39, 0.29) is 0 Å². The minimum Gasteiger partial charge on any atom is -0.317 e. The van der Waals surface area contributed by atoms with Crippen LogP contribution in [0.1, 0.15) is 47.0 Å². The fourth-order valence-corrected chi connectivity index (χ4v) is 1.38. The molecule has 4 nitrogen and oxygen atoms in total. The van der Waals surface area contributed by atoms with Crippen molar-refractivity contribution in [2.24, 2.45) is 0 Å². The summed E-state index contributed by atoms with van der Waals surface area (Å²) in [7, 11) is 0. The van der Waals surface area contributed by atoms with Gasteiger partial charge in [0.25, 0.3) is 5.78 Å². The summed E-state index contributed by atoms with van der Waals surface area (Å²) in [6.07, 6.45) is 2.74. The van der Waals surface area contributed by atoms with Crippen molar-refractivity contribution in [1.82, 2.24) is 0 Å². The number of hydrogen-bond acceptors (Lipinski definition) is 4. The predicted octanol–water partition coefficient (Wildman–Crippen LogP) is 2.52. The Kier molecular flexibility index (Phi) is 10.7. The van der Waals surface area contributed by atoms with Gasteiger partial charge in [0.1, 0.15) is 0 Å². The van der Waals surface area contributed by atoms with E-state index in [0.29, 0.717) is 26.2 Å². The van der Waals surface area contributed by atoms with Crippen LogP contribution in [-0.4, -0.2) is 31.6 Å². The highest BCUT2D eigenvalue weighted by atomic mass is 16.9. The number of hydrogen-bond donors (Lipinski definition) is 0. The summed E-state index contributed by atoms with van der Waals surface area (Å²) in [6, 6.07) is 0. The summed E-state index contributed by atoms with van der Waals surface area (Å²) in [5.41, 5.74) is 0. The van der Waals surface area contributed by atoms with E-state index in [1.54, 1.807) is 20.8 Å². The lowest BCUT2D eigenvalue weighted by Gasteiger charge is -2.26. The second-order valence-corrected chi connectivity index (χ2v) is 3.84. The molecule has 0 amide bonds. The SMILES string of the molecule is CCCCC#CC(=O)C#CC(OCC)(OCC)OCC. The Balaban J connectivity index is 4.81. The van der Waals surface area contributed by atoms with Gasteiger partial charge in [-0.3, -0.25) is 4.79 Å². The summed E-state index contributed by atoms with van der Waals surface area (Å²) >= 11 is 0. The summed E-state index contributed by atoms with van der Waals surface area (Å²) in [5, 5.41) is 0. The molecule has 0 aromatic carbocycles. The third kappa shape index (κ3) is 7.96. The molecule has 0 saturated heterocycles. The van der Waals surface area contributed by atoms with Crippen molar-refractivity contribution >= 4 is 5.78 Å². The van der Waals surface area contributed by atoms with Gasteiger partial charge in [0.15, 0.2) is 0 Å². The molecule has 0 unspecified atom stereocenters. The fourth-order valence-electron chi connectivity index (χ4n) is 1.38. The Morgan fingerprint density at radius 1 is 0.950 bits per heavy atom. The summed E-state index contributed by atoms with van der Waals surface area (Å²) in [5.74, 6) is 8.38. The molecule has 0 fully saturated rings. The van der Waals surface area contributed by atoms with Gasteiger partial charge in [0.2, 0.25) is 0 Å². The van der Waals surface area contributed by atoms with E-state index in [2.05, 4.69) is 30.6 Å². The molecule has 112 valence electrons. The minimum absolute atomic E-state index is 0.366. The first-order valence-corrected chi connectivity index (χ1v) is 7.11. The Hall–Kier alpha value is -1.33. The van der Waals surface area contributed by atoms with Gasteiger partial charge >= 0.3 is 5.97 Å². The third-order valence-electron chi connectivity index (χ3n) is 2.19. The number of carbonyl (C=O) groups excluding carboxylic acids is 1. The van der Waals surface area contributed by atoms with Crippen LogP contribution in [0.3, 0.4) is 0 Å².